The summed E-state index contributed by atoms with van der Waals surface area (Å²) >= 11 is 1.56. The van der Waals surface area contributed by atoms with Crippen molar-refractivity contribution in [2.45, 2.75) is 58.0 Å². The van der Waals surface area contributed by atoms with Gasteiger partial charge in [-0.3, -0.25) is 0 Å². The number of hydrogen-bond acceptors (Lipinski definition) is 4. The molecular weight excluding hydrogens is 286 g/mol. The average Bonchev–Trinajstić information content (AvgIpc) is 3.14. The highest BCUT2D eigenvalue weighted by atomic mass is 32.1. The van der Waals surface area contributed by atoms with Crippen LogP contribution < -0.4 is 10.6 Å². The summed E-state index contributed by atoms with van der Waals surface area (Å²) in [7, 11) is 0. The second-order valence-corrected chi connectivity index (χ2v) is 7.98. The maximum Gasteiger partial charge on any atom is 0.315 e. The number of hydrogen-bond donors (Lipinski definition) is 3. The van der Waals surface area contributed by atoms with Crippen LogP contribution in [0.1, 0.15) is 51.2 Å². The van der Waals surface area contributed by atoms with Crippen molar-refractivity contribution in [1.82, 2.24) is 15.6 Å². The largest absolute Gasteiger partial charge is 0.394 e. The van der Waals surface area contributed by atoms with E-state index in [9.17, 15) is 9.90 Å². The maximum absolute atomic E-state index is 12.0. The predicted octanol–water partition coefficient (Wildman–Crippen LogP) is 2.40. The Morgan fingerprint density at radius 2 is 2.10 bits per heavy atom. The third-order valence-electron chi connectivity index (χ3n) is 3.93. The van der Waals surface area contributed by atoms with Crippen molar-refractivity contribution in [3.63, 3.8) is 0 Å². The highest BCUT2D eigenvalue weighted by Gasteiger charge is 2.42. The van der Waals surface area contributed by atoms with Gasteiger partial charge in [0, 0.05) is 10.8 Å². The lowest BCUT2D eigenvalue weighted by atomic mass is 9.93. The van der Waals surface area contributed by atoms with Crippen LogP contribution in [-0.4, -0.2) is 28.3 Å². The van der Waals surface area contributed by atoms with Crippen LogP contribution in [-0.2, 0) is 12.0 Å². The third kappa shape index (κ3) is 4.17. The van der Waals surface area contributed by atoms with E-state index >= 15 is 0 Å². The number of amides is 2. The zero-order chi connectivity index (χ0) is 15.7. The monoisotopic (exact) mass is 311 g/mol. The topological polar surface area (TPSA) is 74.2 Å². The molecule has 0 aromatic carbocycles. The van der Waals surface area contributed by atoms with Crippen LogP contribution in [0.4, 0.5) is 4.79 Å². The molecule has 0 aliphatic heterocycles. The lowest BCUT2D eigenvalue weighted by Crippen LogP contribution is -2.53. The number of carbonyl (C=O) groups is 1. The van der Waals surface area contributed by atoms with Crippen LogP contribution in [0.5, 0.6) is 0 Å². The molecule has 1 saturated carbocycles. The fourth-order valence-electron chi connectivity index (χ4n) is 2.19. The van der Waals surface area contributed by atoms with E-state index in [-0.39, 0.29) is 18.1 Å². The van der Waals surface area contributed by atoms with Gasteiger partial charge in [0.1, 0.15) is 5.01 Å². The van der Waals surface area contributed by atoms with Gasteiger partial charge in [0.05, 0.1) is 24.4 Å². The van der Waals surface area contributed by atoms with Gasteiger partial charge < -0.3 is 15.7 Å². The van der Waals surface area contributed by atoms with Crippen molar-refractivity contribution in [2.24, 2.45) is 5.92 Å². The van der Waals surface area contributed by atoms with E-state index in [0.29, 0.717) is 12.5 Å². The van der Waals surface area contributed by atoms with Crippen LogP contribution in [0.25, 0.3) is 0 Å². The van der Waals surface area contributed by atoms with Gasteiger partial charge in [-0.25, -0.2) is 9.78 Å². The second kappa shape index (κ2) is 5.93. The molecule has 118 valence electrons. The lowest BCUT2D eigenvalue weighted by molar-refractivity contribution is 0.155. The molecule has 1 atom stereocenters. The van der Waals surface area contributed by atoms with E-state index in [2.05, 4.69) is 36.4 Å². The Morgan fingerprint density at radius 1 is 1.43 bits per heavy atom. The minimum Gasteiger partial charge on any atom is -0.394 e. The lowest BCUT2D eigenvalue weighted by Gasteiger charge is -2.28. The number of rotatable bonds is 5. The number of nitrogens with zero attached hydrogens (tertiary/aromatic N) is 1. The van der Waals surface area contributed by atoms with E-state index < -0.39 is 5.54 Å². The van der Waals surface area contributed by atoms with Gasteiger partial charge in [0.25, 0.3) is 0 Å². The second-order valence-electron chi connectivity index (χ2n) is 7.03. The molecule has 1 aromatic rings. The standard InChI is InChI=1S/C15H25N3O2S/c1-14(2,3)11-8-21-12(17-11)7-16-13(20)18-15(4,9-19)10-5-6-10/h8,10,19H,5-7,9H2,1-4H3,(H2,16,18,20). The number of thiazole rings is 1. The number of aliphatic hydroxyl groups excluding tert-OH is 1. The predicted molar refractivity (Wildman–Crippen MR) is 84.4 cm³/mol. The summed E-state index contributed by atoms with van der Waals surface area (Å²) in [5, 5.41) is 18.1. The van der Waals surface area contributed by atoms with E-state index in [4.69, 9.17) is 0 Å². The molecular formula is C15H25N3O2S. The fraction of sp³-hybridized carbons (Fsp3) is 0.733. The maximum atomic E-state index is 12.0. The zero-order valence-corrected chi connectivity index (χ0v) is 14.0. The normalized spacial score (nSPS) is 18.1. The number of nitrogens with one attached hydrogen (secondary N) is 2. The first-order valence-corrected chi connectivity index (χ1v) is 8.24. The molecule has 2 rings (SSSR count). The van der Waals surface area contributed by atoms with Crippen molar-refractivity contribution in [1.29, 1.82) is 0 Å². The fourth-order valence-corrected chi connectivity index (χ4v) is 3.15. The molecule has 1 unspecified atom stereocenters. The molecule has 0 spiro atoms. The highest BCUT2D eigenvalue weighted by Crippen LogP contribution is 2.39. The Morgan fingerprint density at radius 3 is 2.57 bits per heavy atom. The van der Waals surface area contributed by atoms with Gasteiger partial charge in [0.15, 0.2) is 0 Å². The SMILES string of the molecule is CC(C)(C)c1csc(CNC(=O)NC(C)(CO)C2CC2)n1. The van der Waals surface area contributed by atoms with E-state index in [0.717, 1.165) is 23.5 Å². The van der Waals surface area contributed by atoms with Crippen LogP contribution in [0.3, 0.4) is 0 Å². The Hall–Kier alpha value is -1.14. The van der Waals surface area contributed by atoms with E-state index in [1.807, 2.05) is 12.3 Å². The first kappa shape index (κ1) is 16.2. The number of aliphatic hydroxyl groups is 1. The van der Waals surface area contributed by atoms with Gasteiger partial charge >= 0.3 is 6.03 Å². The van der Waals surface area contributed by atoms with Gasteiger partial charge in [0.2, 0.25) is 0 Å². The zero-order valence-electron chi connectivity index (χ0n) is 13.2. The van der Waals surface area contributed by atoms with Gasteiger partial charge in [-0.1, -0.05) is 20.8 Å². The minimum atomic E-state index is -0.510. The van der Waals surface area contributed by atoms with Gasteiger partial charge in [-0.05, 0) is 25.7 Å². The molecule has 1 aliphatic rings. The smallest absolute Gasteiger partial charge is 0.315 e. The number of aromatic nitrogens is 1. The summed E-state index contributed by atoms with van der Waals surface area (Å²) in [4.78, 5) is 16.5. The number of urea groups is 1. The van der Waals surface area contributed by atoms with Crippen LogP contribution in [0.15, 0.2) is 5.38 Å². The molecule has 6 heteroatoms. The molecule has 1 heterocycles. The Kier molecular flexibility index (Phi) is 4.58. The molecule has 0 bridgehead atoms. The van der Waals surface area contributed by atoms with Gasteiger partial charge in [-0.2, -0.15) is 0 Å². The summed E-state index contributed by atoms with van der Waals surface area (Å²) in [6.07, 6.45) is 2.14. The summed E-state index contributed by atoms with van der Waals surface area (Å²) in [6, 6.07) is -0.244. The van der Waals surface area contributed by atoms with E-state index in [1.165, 1.54) is 0 Å². The summed E-state index contributed by atoms with van der Waals surface area (Å²) in [6.45, 7) is 8.64. The van der Waals surface area contributed by atoms with Crippen molar-refractivity contribution < 1.29 is 9.90 Å². The van der Waals surface area contributed by atoms with Crippen molar-refractivity contribution in [3.8, 4) is 0 Å². The molecule has 1 aliphatic carbocycles. The Bertz CT molecular complexity index is 505. The molecule has 2 amide bonds. The summed E-state index contributed by atoms with van der Waals surface area (Å²) in [5.41, 5.74) is 0.560. The summed E-state index contributed by atoms with van der Waals surface area (Å²) < 4.78 is 0. The molecule has 21 heavy (non-hydrogen) atoms. The average molecular weight is 311 g/mol. The van der Waals surface area contributed by atoms with Crippen molar-refractivity contribution in [3.05, 3.63) is 16.1 Å². The summed E-state index contributed by atoms with van der Waals surface area (Å²) in [5.74, 6) is 0.389. The first-order valence-electron chi connectivity index (χ1n) is 7.36. The molecule has 0 saturated heterocycles. The van der Waals surface area contributed by atoms with Gasteiger partial charge in [-0.15, -0.1) is 11.3 Å². The van der Waals surface area contributed by atoms with Crippen molar-refractivity contribution in [2.75, 3.05) is 6.61 Å². The van der Waals surface area contributed by atoms with Crippen LogP contribution in [0.2, 0.25) is 0 Å². The Balaban J connectivity index is 1.85. The Labute approximate surface area is 130 Å². The molecule has 1 aromatic heterocycles. The minimum absolute atomic E-state index is 0.0262. The molecule has 5 nitrogen and oxygen atoms in total. The van der Waals surface area contributed by atoms with Crippen LogP contribution in [0, 0.1) is 5.92 Å². The quantitative estimate of drug-likeness (QED) is 0.781. The molecule has 3 N–H and O–H groups in total. The van der Waals surface area contributed by atoms with E-state index in [1.54, 1.807) is 11.3 Å². The molecule has 0 radical (unpaired) electrons. The van der Waals surface area contributed by atoms with Crippen molar-refractivity contribution >= 4 is 17.4 Å². The van der Waals surface area contributed by atoms with Crippen LogP contribution >= 0.6 is 11.3 Å². The third-order valence-corrected chi connectivity index (χ3v) is 4.78. The highest BCUT2D eigenvalue weighted by molar-refractivity contribution is 7.09. The number of carbonyl (C=O) groups excluding carboxylic acids is 1. The molecule has 1 fully saturated rings. The first-order chi connectivity index (χ1) is 9.74.